The number of rotatable bonds is 18. The van der Waals surface area contributed by atoms with Crippen LogP contribution in [0, 0.1) is 0 Å². The molecule has 0 atom stereocenters. The molecule has 256 valence electrons. The van der Waals surface area contributed by atoms with Gasteiger partial charge in [0.15, 0.2) is 0 Å². The number of aromatic nitrogens is 2. The van der Waals surface area contributed by atoms with Crippen molar-refractivity contribution in [3.05, 3.63) is 60.7 Å². The van der Waals surface area contributed by atoms with Gasteiger partial charge in [-0.1, -0.05) is 90.0 Å². The van der Waals surface area contributed by atoms with Crippen LogP contribution in [0.4, 0.5) is 10.7 Å². The maximum absolute atomic E-state index is 4.81. The largest absolute Gasteiger partial charge is 0.377 e. The van der Waals surface area contributed by atoms with Crippen LogP contribution in [0.25, 0.3) is 61.2 Å². The van der Waals surface area contributed by atoms with Crippen LogP contribution in [-0.2, 0) is 0 Å². The first-order valence-corrected chi connectivity index (χ1v) is 22.1. The lowest BCUT2D eigenvalue weighted by molar-refractivity contribution is 0.609. The van der Waals surface area contributed by atoms with Gasteiger partial charge in [0, 0.05) is 69.9 Å². The standard InChI is InChI=1S/C40H46N4S5/c1-4-7-10-12-21-44(22-13-11-8-5-2)28-16-14-27(15-17-28)31-23-34-35(45-31)24-32(46-34)29-18-19-30(40-39(29)42-49-43-40)33-25-36-37(47-33)26-38(48-36)41-20-9-6-3/h14-19,23-26,41H,4-13,20-22H2,1-3H3. The van der Waals surface area contributed by atoms with Crippen molar-refractivity contribution in [2.75, 3.05) is 29.9 Å². The third-order valence-electron chi connectivity index (χ3n) is 9.27. The molecule has 0 radical (unpaired) electrons. The molecule has 0 fully saturated rings. The van der Waals surface area contributed by atoms with Crippen molar-refractivity contribution >= 4 is 97.6 Å². The summed E-state index contributed by atoms with van der Waals surface area (Å²) >= 11 is 8.79. The molecule has 0 amide bonds. The summed E-state index contributed by atoms with van der Waals surface area (Å²) in [6.07, 6.45) is 12.9. The van der Waals surface area contributed by atoms with Crippen LogP contribution in [0.2, 0.25) is 0 Å². The lowest BCUT2D eigenvalue weighted by Crippen LogP contribution is -2.25. The fraction of sp³-hybridized carbons (Fsp3) is 0.400. The Bertz CT molecular complexity index is 2020. The van der Waals surface area contributed by atoms with Crippen molar-refractivity contribution in [2.24, 2.45) is 0 Å². The van der Waals surface area contributed by atoms with Crippen LogP contribution in [0.15, 0.2) is 60.7 Å². The highest BCUT2D eigenvalue weighted by atomic mass is 32.1. The Morgan fingerprint density at radius 1 is 0.551 bits per heavy atom. The molecule has 0 spiro atoms. The van der Waals surface area contributed by atoms with Crippen molar-refractivity contribution in [1.82, 2.24) is 8.75 Å². The zero-order chi connectivity index (χ0) is 33.6. The third-order valence-corrected chi connectivity index (χ3v) is 14.5. The molecule has 0 aliphatic rings. The van der Waals surface area contributed by atoms with Gasteiger partial charge in [-0.2, -0.15) is 8.75 Å². The highest BCUT2D eigenvalue weighted by Gasteiger charge is 2.19. The zero-order valence-electron chi connectivity index (χ0n) is 28.8. The number of benzene rings is 2. The van der Waals surface area contributed by atoms with E-state index in [1.54, 1.807) is 0 Å². The Morgan fingerprint density at radius 2 is 1.08 bits per heavy atom. The van der Waals surface area contributed by atoms with Crippen LogP contribution in [0.1, 0.15) is 85.0 Å². The van der Waals surface area contributed by atoms with E-state index in [0.717, 1.165) is 30.7 Å². The molecule has 0 unspecified atom stereocenters. The molecule has 2 aromatic carbocycles. The van der Waals surface area contributed by atoms with Gasteiger partial charge in [-0.3, -0.25) is 0 Å². The summed E-state index contributed by atoms with van der Waals surface area (Å²) in [5.41, 5.74) is 7.08. The summed E-state index contributed by atoms with van der Waals surface area (Å²) in [4.78, 5) is 6.50. The first-order chi connectivity index (χ1) is 24.1. The van der Waals surface area contributed by atoms with Crippen molar-refractivity contribution in [3.63, 3.8) is 0 Å². The van der Waals surface area contributed by atoms with Crippen molar-refractivity contribution in [3.8, 4) is 31.3 Å². The normalized spacial score (nSPS) is 11.8. The minimum absolute atomic E-state index is 1.01. The number of nitrogens with zero attached hydrogens (tertiary/aromatic N) is 3. The average Bonchev–Trinajstić information content (AvgIpc) is 3.94. The van der Waals surface area contributed by atoms with E-state index in [-0.39, 0.29) is 0 Å². The second kappa shape index (κ2) is 16.5. The van der Waals surface area contributed by atoms with Crippen LogP contribution >= 0.6 is 57.1 Å². The molecule has 0 aliphatic carbocycles. The van der Waals surface area contributed by atoms with Gasteiger partial charge >= 0.3 is 0 Å². The van der Waals surface area contributed by atoms with E-state index in [0.29, 0.717) is 0 Å². The zero-order valence-corrected chi connectivity index (χ0v) is 32.9. The van der Waals surface area contributed by atoms with Gasteiger partial charge in [-0.25, -0.2) is 0 Å². The molecular weight excluding hydrogens is 697 g/mol. The van der Waals surface area contributed by atoms with Gasteiger partial charge < -0.3 is 10.2 Å². The molecule has 0 bridgehead atoms. The average molecular weight is 743 g/mol. The molecule has 4 nitrogen and oxygen atoms in total. The van der Waals surface area contributed by atoms with Gasteiger partial charge in [-0.05, 0) is 61.2 Å². The van der Waals surface area contributed by atoms with E-state index in [4.69, 9.17) is 8.75 Å². The van der Waals surface area contributed by atoms with Crippen LogP contribution in [0.5, 0.6) is 0 Å². The molecule has 49 heavy (non-hydrogen) atoms. The van der Waals surface area contributed by atoms with E-state index >= 15 is 0 Å². The Labute approximate surface area is 311 Å². The molecule has 5 aromatic heterocycles. The maximum atomic E-state index is 4.81. The minimum Gasteiger partial charge on any atom is -0.377 e. The molecule has 7 rings (SSSR count). The molecular formula is C40H46N4S5. The Morgan fingerprint density at radius 3 is 1.65 bits per heavy atom. The molecule has 0 aliphatic heterocycles. The molecule has 9 heteroatoms. The third kappa shape index (κ3) is 7.91. The summed E-state index contributed by atoms with van der Waals surface area (Å²) in [6.45, 7) is 10.2. The monoisotopic (exact) mass is 742 g/mol. The quantitative estimate of drug-likeness (QED) is 0.0889. The number of fused-ring (bicyclic) bond motifs is 3. The van der Waals surface area contributed by atoms with Gasteiger partial charge in [0.25, 0.3) is 0 Å². The number of hydrogen-bond acceptors (Lipinski definition) is 9. The number of thiophene rings is 4. The van der Waals surface area contributed by atoms with E-state index in [9.17, 15) is 0 Å². The predicted octanol–water partition coefficient (Wildman–Crippen LogP) is 14.4. The summed E-state index contributed by atoms with van der Waals surface area (Å²) < 4.78 is 15.0. The summed E-state index contributed by atoms with van der Waals surface area (Å²) in [5, 5.41) is 4.85. The lowest BCUT2D eigenvalue weighted by Gasteiger charge is -2.25. The van der Waals surface area contributed by atoms with E-state index < -0.39 is 0 Å². The Kier molecular flexibility index (Phi) is 11.6. The SMILES string of the molecule is CCCCCCN(CCCCCC)c1ccc(-c2cc3sc(-c4ccc(-c5cc6sc(NCCCC)cc6s5)c5nsnc45)cc3s2)cc1. The van der Waals surface area contributed by atoms with Crippen LogP contribution in [-0.4, -0.2) is 28.4 Å². The summed E-state index contributed by atoms with van der Waals surface area (Å²) in [7, 11) is 0. The fourth-order valence-electron chi connectivity index (χ4n) is 6.48. The molecule has 0 saturated heterocycles. The van der Waals surface area contributed by atoms with Gasteiger partial charge in [-0.15, -0.1) is 45.3 Å². The van der Waals surface area contributed by atoms with Crippen molar-refractivity contribution < 1.29 is 0 Å². The smallest absolute Gasteiger partial charge is 0.114 e. The Hall–Kier alpha value is -2.82. The highest BCUT2D eigenvalue weighted by molar-refractivity contribution is 7.31. The van der Waals surface area contributed by atoms with Crippen molar-refractivity contribution in [2.45, 2.75) is 85.0 Å². The molecule has 5 heterocycles. The minimum atomic E-state index is 1.01. The van der Waals surface area contributed by atoms with Gasteiger partial charge in [0.2, 0.25) is 0 Å². The first kappa shape index (κ1) is 34.6. The predicted molar refractivity (Wildman–Crippen MR) is 224 cm³/mol. The molecule has 0 saturated carbocycles. The lowest BCUT2D eigenvalue weighted by atomic mass is 10.1. The second-order valence-corrected chi connectivity index (χ2v) is 17.8. The van der Waals surface area contributed by atoms with E-state index in [1.165, 1.54) is 137 Å². The Balaban J connectivity index is 1.08. The second-order valence-electron chi connectivity index (χ2n) is 13.0. The topological polar surface area (TPSA) is 41.0 Å². The molecule has 1 N–H and O–H groups in total. The van der Waals surface area contributed by atoms with E-state index in [1.807, 2.05) is 45.3 Å². The summed E-state index contributed by atoms with van der Waals surface area (Å²) in [5.74, 6) is 0. The number of anilines is 2. The number of unbranched alkanes of at least 4 members (excludes halogenated alkanes) is 7. The van der Waals surface area contributed by atoms with Crippen LogP contribution in [0.3, 0.4) is 0 Å². The number of hydrogen-bond donors (Lipinski definition) is 1. The molecule has 7 aromatic rings. The first-order valence-electron chi connectivity index (χ1n) is 18.1. The van der Waals surface area contributed by atoms with Gasteiger partial charge in [0.05, 0.1) is 16.7 Å². The number of nitrogens with one attached hydrogen (secondary N) is 1. The highest BCUT2D eigenvalue weighted by Crippen LogP contribution is 2.46. The van der Waals surface area contributed by atoms with Crippen LogP contribution < -0.4 is 10.2 Å². The van der Waals surface area contributed by atoms with Crippen molar-refractivity contribution in [1.29, 1.82) is 0 Å². The van der Waals surface area contributed by atoms with E-state index in [2.05, 4.69) is 91.7 Å². The summed E-state index contributed by atoms with van der Waals surface area (Å²) in [6, 6.07) is 23.3. The fourth-order valence-corrected chi connectivity index (χ4v) is 11.8. The maximum Gasteiger partial charge on any atom is 0.114 e. The van der Waals surface area contributed by atoms with Gasteiger partial charge in [0.1, 0.15) is 11.0 Å².